The number of aromatic nitrogens is 2. The standard InChI is InChI=1S/C12H11BrN2O2S/c1-2-18-8-5-3-7(4-6-8)10-9(13)11(12(16)17)15-14-10/h3-6H,2H2,1H3,(H,14,15)(H,16,17). The fourth-order valence-electron chi connectivity index (χ4n) is 1.54. The molecule has 2 N–H and O–H groups in total. The van der Waals surface area contributed by atoms with E-state index in [1.807, 2.05) is 24.3 Å². The largest absolute Gasteiger partial charge is 0.476 e. The van der Waals surface area contributed by atoms with Crippen molar-refractivity contribution in [1.29, 1.82) is 0 Å². The van der Waals surface area contributed by atoms with Crippen molar-refractivity contribution >= 4 is 33.7 Å². The van der Waals surface area contributed by atoms with Gasteiger partial charge in [0, 0.05) is 10.5 Å². The fourth-order valence-corrected chi connectivity index (χ4v) is 2.77. The Bertz CT molecular complexity index is 566. The van der Waals surface area contributed by atoms with E-state index in [0.717, 1.165) is 11.3 Å². The van der Waals surface area contributed by atoms with Crippen molar-refractivity contribution in [2.45, 2.75) is 11.8 Å². The van der Waals surface area contributed by atoms with Crippen LogP contribution in [0.2, 0.25) is 0 Å². The van der Waals surface area contributed by atoms with E-state index in [-0.39, 0.29) is 5.69 Å². The predicted octanol–water partition coefficient (Wildman–Crippen LogP) is 3.65. The van der Waals surface area contributed by atoms with Crippen molar-refractivity contribution in [3.63, 3.8) is 0 Å². The van der Waals surface area contributed by atoms with Crippen molar-refractivity contribution in [3.8, 4) is 11.3 Å². The molecule has 94 valence electrons. The number of nitrogens with one attached hydrogen (secondary N) is 1. The van der Waals surface area contributed by atoms with Gasteiger partial charge in [0.15, 0.2) is 5.69 Å². The molecule has 18 heavy (non-hydrogen) atoms. The molecule has 1 aromatic heterocycles. The third kappa shape index (κ3) is 2.59. The lowest BCUT2D eigenvalue weighted by Crippen LogP contribution is -1.96. The summed E-state index contributed by atoms with van der Waals surface area (Å²) < 4.78 is 0.478. The predicted molar refractivity (Wildman–Crippen MR) is 75.1 cm³/mol. The Morgan fingerprint density at radius 3 is 2.61 bits per heavy atom. The second kappa shape index (κ2) is 5.58. The second-order valence-corrected chi connectivity index (χ2v) is 5.65. The van der Waals surface area contributed by atoms with E-state index < -0.39 is 5.97 Å². The van der Waals surface area contributed by atoms with Crippen LogP contribution in [0, 0.1) is 0 Å². The van der Waals surface area contributed by atoms with E-state index in [4.69, 9.17) is 5.11 Å². The number of aromatic carboxylic acids is 1. The summed E-state index contributed by atoms with van der Waals surface area (Å²) in [6.45, 7) is 2.10. The van der Waals surface area contributed by atoms with Crippen molar-refractivity contribution in [2.24, 2.45) is 0 Å². The van der Waals surface area contributed by atoms with Crippen LogP contribution >= 0.6 is 27.7 Å². The zero-order chi connectivity index (χ0) is 13.1. The van der Waals surface area contributed by atoms with Crippen LogP contribution in [0.4, 0.5) is 0 Å². The molecule has 0 atom stereocenters. The van der Waals surface area contributed by atoms with Gasteiger partial charge in [-0.25, -0.2) is 4.79 Å². The lowest BCUT2D eigenvalue weighted by Gasteiger charge is -2.01. The first-order valence-electron chi connectivity index (χ1n) is 5.34. The SMILES string of the molecule is CCSc1ccc(-c2n[nH]c(C(=O)O)c2Br)cc1. The summed E-state index contributed by atoms with van der Waals surface area (Å²) >= 11 is 5.02. The third-order valence-electron chi connectivity index (χ3n) is 2.36. The summed E-state index contributed by atoms with van der Waals surface area (Å²) in [6.07, 6.45) is 0. The minimum Gasteiger partial charge on any atom is -0.476 e. The van der Waals surface area contributed by atoms with E-state index in [9.17, 15) is 4.79 Å². The minimum absolute atomic E-state index is 0.0667. The highest BCUT2D eigenvalue weighted by molar-refractivity contribution is 9.10. The molecule has 0 aliphatic carbocycles. The molecule has 0 amide bonds. The number of hydrogen-bond donors (Lipinski definition) is 2. The van der Waals surface area contributed by atoms with Crippen LogP contribution in [0.3, 0.4) is 0 Å². The zero-order valence-electron chi connectivity index (χ0n) is 9.61. The molecular weight excluding hydrogens is 316 g/mol. The number of nitrogens with zero attached hydrogens (tertiary/aromatic N) is 1. The molecule has 0 unspecified atom stereocenters. The molecule has 0 radical (unpaired) electrons. The Morgan fingerprint density at radius 1 is 1.44 bits per heavy atom. The van der Waals surface area contributed by atoms with Crippen molar-refractivity contribution in [3.05, 3.63) is 34.4 Å². The zero-order valence-corrected chi connectivity index (χ0v) is 12.0. The van der Waals surface area contributed by atoms with Crippen molar-refractivity contribution < 1.29 is 9.90 Å². The Hall–Kier alpha value is -1.27. The molecule has 0 bridgehead atoms. The summed E-state index contributed by atoms with van der Waals surface area (Å²) in [7, 11) is 0. The number of benzene rings is 1. The molecule has 0 aliphatic rings. The Morgan fingerprint density at radius 2 is 2.11 bits per heavy atom. The number of carboxylic acids is 1. The third-order valence-corrected chi connectivity index (χ3v) is 4.03. The first-order chi connectivity index (χ1) is 8.63. The van der Waals surface area contributed by atoms with Crippen LogP contribution in [0.1, 0.15) is 17.4 Å². The molecule has 0 saturated carbocycles. The Labute approximate surface area is 117 Å². The van der Waals surface area contributed by atoms with Gasteiger partial charge in [0.05, 0.1) is 4.47 Å². The number of carbonyl (C=O) groups is 1. The van der Waals surface area contributed by atoms with Gasteiger partial charge in [-0.3, -0.25) is 5.10 Å². The molecule has 0 aliphatic heterocycles. The number of halogens is 1. The summed E-state index contributed by atoms with van der Waals surface area (Å²) in [6, 6.07) is 7.88. The lowest BCUT2D eigenvalue weighted by molar-refractivity contribution is 0.0689. The second-order valence-electron chi connectivity index (χ2n) is 3.52. The smallest absolute Gasteiger partial charge is 0.355 e. The molecule has 0 fully saturated rings. The van der Waals surface area contributed by atoms with Crippen molar-refractivity contribution in [2.75, 3.05) is 5.75 Å². The molecule has 0 saturated heterocycles. The first-order valence-corrected chi connectivity index (χ1v) is 7.11. The average Bonchev–Trinajstić information content (AvgIpc) is 2.73. The summed E-state index contributed by atoms with van der Waals surface area (Å²) in [5, 5.41) is 15.5. The number of rotatable bonds is 4. The number of thioether (sulfide) groups is 1. The van der Waals surface area contributed by atoms with E-state index in [1.54, 1.807) is 11.8 Å². The minimum atomic E-state index is -1.03. The maximum absolute atomic E-state index is 10.9. The molecule has 2 rings (SSSR count). The van der Waals surface area contributed by atoms with Crippen LogP contribution < -0.4 is 0 Å². The molecule has 1 aromatic carbocycles. The van der Waals surface area contributed by atoms with Crippen LogP contribution in [-0.4, -0.2) is 27.0 Å². The van der Waals surface area contributed by atoms with Crippen LogP contribution in [-0.2, 0) is 0 Å². The number of hydrogen-bond acceptors (Lipinski definition) is 3. The van der Waals surface area contributed by atoms with Crippen molar-refractivity contribution in [1.82, 2.24) is 10.2 Å². The van der Waals surface area contributed by atoms with Gasteiger partial charge < -0.3 is 5.11 Å². The van der Waals surface area contributed by atoms with Gasteiger partial charge in [-0.2, -0.15) is 5.10 Å². The molecule has 4 nitrogen and oxygen atoms in total. The van der Waals surface area contributed by atoms with Crippen LogP contribution in [0.15, 0.2) is 33.6 Å². The average molecular weight is 327 g/mol. The monoisotopic (exact) mass is 326 g/mol. The van der Waals surface area contributed by atoms with Crippen LogP contribution in [0.25, 0.3) is 11.3 Å². The van der Waals surface area contributed by atoms with E-state index >= 15 is 0 Å². The highest BCUT2D eigenvalue weighted by atomic mass is 79.9. The summed E-state index contributed by atoms with van der Waals surface area (Å²) in [4.78, 5) is 12.1. The molecule has 0 spiro atoms. The van der Waals surface area contributed by atoms with Crippen LogP contribution in [0.5, 0.6) is 0 Å². The van der Waals surface area contributed by atoms with Gasteiger partial charge in [-0.05, 0) is 33.8 Å². The maximum Gasteiger partial charge on any atom is 0.355 e. The lowest BCUT2D eigenvalue weighted by atomic mass is 10.1. The number of carboxylic acid groups (broad SMARTS) is 1. The molecule has 2 aromatic rings. The van der Waals surface area contributed by atoms with Gasteiger partial charge in [0.2, 0.25) is 0 Å². The normalized spacial score (nSPS) is 10.6. The van der Waals surface area contributed by atoms with E-state index in [1.165, 1.54) is 4.90 Å². The quantitative estimate of drug-likeness (QED) is 0.841. The fraction of sp³-hybridized carbons (Fsp3) is 0.167. The highest BCUT2D eigenvalue weighted by Crippen LogP contribution is 2.30. The maximum atomic E-state index is 10.9. The summed E-state index contributed by atoms with van der Waals surface area (Å²) in [5.41, 5.74) is 1.56. The molecule has 1 heterocycles. The first kappa shape index (κ1) is 13.2. The molecular formula is C12H11BrN2O2S. The number of H-pyrrole nitrogens is 1. The van der Waals surface area contributed by atoms with Gasteiger partial charge in [0.1, 0.15) is 5.69 Å². The van der Waals surface area contributed by atoms with Gasteiger partial charge >= 0.3 is 5.97 Å². The Balaban J connectivity index is 2.34. The number of aromatic amines is 1. The Kier molecular flexibility index (Phi) is 4.08. The van der Waals surface area contributed by atoms with Gasteiger partial charge in [-0.1, -0.05) is 19.1 Å². The molecule has 6 heteroatoms. The van der Waals surface area contributed by atoms with Gasteiger partial charge in [0.25, 0.3) is 0 Å². The van der Waals surface area contributed by atoms with Gasteiger partial charge in [-0.15, -0.1) is 11.8 Å². The topological polar surface area (TPSA) is 66.0 Å². The summed E-state index contributed by atoms with van der Waals surface area (Å²) in [5.74, 6) is -0.00648. The van der Waals surface area contributed by atoms with E-state index in [2.05, 4.69) is 33.1 Å². The van der Waals surface area contributed by atoms with E-state index in [0.29, 0.717) is 10.2 Å². The highest BCUT2D eigenvalue weighted by Gasteiger charge is 2.17.